The van der Waals surface area contributed by atoms with E-state index in [0.717, 1.165) is 5.56 Å². The fraction of sp³-hybridized carbons (Fsp3) is 0.286. The number of aromatic nitrogens is 4. The molecule has 0 bridgehead atoms. The van der Waals surface area contributed by atoms with E-state index in [2.05, 4.69) is 20.4 Å². The summed E-state index contributed by atoms with van der Waals surface area (Å²) in [6.07, 6.45) is 3.91. The zero-order chi connectivity index (χ0) is 9.10. The maximum Gasteiger partial charge on any atom is 0.250 e. The van der Waals surface area contributed by atoms with Crippen LogP contribution in [-0.4, -0.2) is 26.3 Å². The van der Waals surface area contributed by atoms with E-state index in [0.29, 0.717) is 24.1 Å². The van der Waals surface area contributed by atoms with Crippen molar-refractivity contribution < 1.29 is 4.42 Å². The molecule has 0 aliphatic carbocycles. The third-order valence-electron chi connectivity index (χ3n) is 1.52. The Labute approximate surface area is 79.1 Å². The molecule has 13 heavy (non-hydrogen) atoms. The van der Waals surface area contributed by atoms with Gasteiger partial charge in [0, 0.05) is 18.5 Å². The molecule has 0 saturated heterocycles. The molecule has 0 fully saturated rings. The molecule has 0 unspecified atom stereocenters. The standard InChI is InChI=1S/C7H7ClN4O/c8-2-1-6-11-12-7(13-6)5-3-9-10-4-5/h3-4H,1-2H2,(H,9,10). The van der Waals surface area contributed by atoms with E-state index in [-0.39, 0.29) is 0 Å². The second-order valence-electron chi connectivity index (χ2n) is 2.43. The molecule has 68 valence electrons. The van der Waals surface area contributed by atoms with Gasteiger partial charge >= 0.3 is 0 Å². The quantitative estimate of drug-likeness (QED) is 0.754. The molecule has 0 amide bonds. The summed E-state index contributed by atoms with van der Waals surface area (Å²) in [5.41, 5.74) is 0.785. The van der Waals surface area contributed by atoms with Crippen LogP contribution in [0, 0.1) is 0 Å². The van der Waals surface area contributed by atoms with Gasteiger partial charge in [0.1, 0.15) is 0 Å². The molecule has 0 radical (unpaired) electrons. The van der Waals surface area contributed by atoms with Crippen LogP contribution in [0.4, 0.5) is 0 Å². The summed E-state index contributed by atoms with van der Waals surface area (Å²) in [6, 6.07) is 0. The average molecular weight is 199 g/mol. The molecule has 0 aliphatic heterocycles. The molecule has 5 nitrogen and oxygen atoms in total. The molecule has 1 N–H and O–H groups in total. The molecule has 6 heteroatoms. The van der Waals surface area contributed by atoms with Gasteiger partial charge in [0.05, 0.1) is 11.8 Å². The van der Waals surface area contributed by atoms with Gasteiger partial charge in [-0.15, -0.1) is 21.8 Å². The van der Waals surface area contributed by atoms with Crippen LogP contribution in [0.15, 0.2) is 16.8 Å². The van der Waals surface area contributed by atoms with Gasteiger partial charge in [0.25, 0.3) is 5.89 Å². The molecular weight excluding hydrogens is 192 g/mol. The Kier molecular flexibility index (Phi) is 2.27. The third kappa shape index (κ3) is 1.70. The Morgan fingerprint density at radius 1 is 1.46 bits per heavy atom. The Hall–Kier alpha value is -1.36. The topological polar surface area (TPSA) is 67.6 Å². The smallest absolute Gasteiger partial charge is 0.250 e. The Morgan fingerprint density at radius 3 is 3.08 bits per heavy atom. The van der Waals surface area contributed by atoms with Crippen molar-refractivity contribution in [3.63, 3.8) is 0 Å². The van der Waals surface area contributed by atoms with Crippen molar-refractivity contribution in [2.24, 2.45) is 0 Å². The molecule has 0 aromatic carbocycles. The normalized spacial score (nSPS) is 10.5. The summed E-state index contributed by atoms with van der Waals surface area (Å²) in [6.45, 7) is 0. The predicted molar refractivity (Wildman–Crippen MR) is 46.3 cm³/mol. The number of halogens is 1. The van der Waals surface area contributed by atoms with Gasteiger partial charge in [-0.3, -0.25) is 5.10 Å². The molecule has 0 aliphatic rings. The van der Waals surface area contributed by atoms with Crippen LogP contribution in [0.2, 0.25) is 0 Å². The number of nitrogens with zero attached hydrogens (tertiary/aromatic N) is 3. The molecular formula is C7H7ClN4O. The lowest BCUT2D eigenvalue weighted by Crippen LogP contribution is -1.84. The van der Waals surface area contributed by atoms with E-state index < -0.39 is 0 Å². The van der Waals surface area contributed by atoms with E-state index in [9.17, 15) is 0 Å². The Bertz CT molecular complexity index is 370. The minimum absolute atomic E-state index is 0.467. The van der Waals surface area contributed by atoms with Crippen molar-refractivity contribution in [1.82, 2.24) is 20.4 Å². The average Bonchev–Trinajstić information content (AvgIpc) is 2.70. The SMILES string of the molecule is ClCCc1nnc(-c2cn[nH]c2)o1. The van der Waals surface area contributed by atoms with Gasteiger partial charge in [-0.25, -0.2) is 0 Å². The molecule has 2 rings (SSSR count). The van der Waals surface area contributed by atoms with E-state index in [1.165, 1.54) is 0 Å². The minimum Gasteiger partial charge on any atom is -0.421 e. The molecule has 2 aromatic rings. The van der Waals surface area contributed by atoms with E-state index in [4.69, 9.17) is 16.0 Å². The second-order valence-corrected chi connectivity index (χ2v) is 2.80. The Balaban J connectivity index is 2.23. The lowest BCUT2D eigenvalue weighted by atomic mass is 10.4. The summed E-state index contributed by atoms with van der Waals surface area (Å²) in [5.74, 6) is 1.49. The first-order valence-corrected chi connectivity index (χ1v) is 4.31. The van der Waals surface area contributed by atoms with Gasteiger partial charge in [0.2, 0.25) is 5.89 Å². The fourth-order valence-electron chi connectivity index (χ4n) is 0.920. The number of rotatable bonds is 3. The third-order valence-corrected chi connectivity index (χ3v) is 1.71. The van der Waals surface area contributed by atoms with Crippen molar-refractivity contribution in [3.8, 4) is 11.5 Å². The lowest BCUT2D eigenvalue weighted by molar-refractivity contribution is 0.514. The highest BCUT2D eigenvalue weighted by atomic mass is 35.5. The second kappa shape index (κ2) is 3.57. The molecule has 0 spiro atoms. The summed E-state index contributed by atoms with van der Waals surface area (Å²) >= 11 is 5.52. The van der Waals surface area contributed by atoms with E-state index in [1.54, 1.807) is 12.4 Å². The van der Waals surface area contributed by atoms with Crippen molar-refractivity contribution >= 4 is 11.6 Å². The van der Waals surface area contributed by atoms with Gasteiger partial charge in [0.15, 0.2) is 0 Å². The Morgan fingerprint density at radius 2 is 2.38 bits per heavy atom. The maximum absolute atomic E-state index is 5.52. The predicted octanol–water partition coefficient (Wildman–Crippen LogP) is 1.24. The molecule has 0 atom stereocenters. The van der Waals surface area contributed by atoms with Crippen molar-refractivity contribution in [2.45, 2.75) is 6.42 Å². The van der Waals surface area contributed by atoms with Crippen LogP contribution in [0.1, 0.15) is 5.89 Å². The largest absolute Gasteiger partial charge is 0.421 e. The summed E-state index contributed by atoms with van der Waals surface area (Å²) < 4.78 is 5.30. The van der Waals surface area contributed by atoms with Crippen molar-refractivity contribution in [1.29, 1.82) is 0 Å². The van der Waals surface area contributed by atoms with E-state index >= 15 is 0 Å². The highest BCUT2D eigenvalue weighted by molar-refractivity contribution is 6.17. The first-order chi connectivity index (χ1) is 6.40. The van der Waals surface area contributed by atoms with Gasteiger partial charge in [-0.1, -0.05) is 0 Å². The summed E-state index contributed by atoms with van der Waals surface area (Å²) in [7, 11) is 0. The van der Waals surface area contributed by atoms with Crippen LogP contribution >= 0.6 is 11.6 Å². The van der Waals surface area contributed by atoms with Crippen LogP contribution in [0.5, 0.6) is 0 Å². The van der Waals surface area contributed by atoms with Gasteiger partial charge < -0.3 is 4.42 Å². The van der Waals surface area contributed by atoms with Crippen LogP contribution in [0.3, 0.4) is 0 Å². The number of aryl methyl sites for hydroxylation is 1. The van der Waals surface area contributed by atoms with Crippen LogP contribution < -0.4 is 0 Å². The monoisotopic (exact) mass is 198 g/mol. The highest BCUT2D eigenvalue weighted by Crippen LogP contribution is 2.15. The van der Waals surface area contributed by atoms with Crippen molar-refractivity contribution in [3.05, 3.63) is 18.3 Å². The van der Waals surface area contributed by atoms with Gasteiger partial charge in [-0.05, 0) is 0 Å². The fourth-order valence-corrected chi connectivity index (χ4v) is 1.08. The van der Waals surface area contributed by atoms with Crippen LogP contribution in [-0.2, 0) is 6.42 Å². The number of nitrogens with one attached hydrogen (secondary N) is 1. The van der Waals surface area contributed by atoms with E-state index in [1.807, 2.05) is 0 Å². The number of aromatic amines is 1. The molecule has 0 saturated carbocycles. The van der Waals surface area contributed by atoms with Crippen LogP contribution in [0.25, 0.3) is 11.5 Å². The zero-order valence-corrected chi connectivity index (χ0v) is 7.45. The van der Waals surface area contributed by atoms with Crippen molar-refractivity contribution in [2.75, 3.05) is 5.88 Å². The summed E-state index contributed by atoms with van der Waals surface area (Å²) in [4.78, 5) is 0. The van der Waals surface area contributed by atoms with Gasteiger partial charge in [-0.2, -0.15) is 5.10 Å². The first-order valence-electron chi connectivity index (χ1n) is 3.77. The lowest BCUT2D eigenvalue weighted by Gasteiger charge is -1.85. The minimum atomic E-state index is 0.467. The first kappa shape index (κ1) is 8.25. The number of alkyl halides is 1. The zero-order valence-electron chi connectivity index (χ0n) is 6.70. The number of hydrogen-bond donors (Lipinski definition) is 1. The molecule has 2 aromatic heterocycles. The molecule has 2 heterocycles. The maximum atomic E-state index is 5.52. The number of H-pyrrole nitrogens is 1. The highest BCUT2D eigenvalue weighted by Gasteiger charge is 2.07. The summed E-state index contributed by atoms with van der Waals surface area (Å²) in [5, 5.41) is 14.1. The number of hydrogen-bond acceptors (Lipinski definition) is 4.